The summed E-state index contributed by atoms with van der Waals surface area (Å²) in [5, 5.41) is 11.8. The summed E-state index contributed by atoms with van der Waals surface area (Å²) in [6.45, 7) is 1.76. The van der Waals surface area contributed by atoms with Gasteiger partial charge in [-0.3, -0.25) is 10.1 Å². The zero-order chi connectivity index (χ0) is 19.0. The van der Waals surface area contributed by atoms with Gasteiger partial charge in [-0.1, -0.05) is 0 Å². The van der Waals surface area contributed by atoms with Gasteiger partial charge in [0.05, 0.1) is 26.5 Å². The predicted octanol–water partition coefficient (Wildman–Crippen LogP) is 5.15. The van der Waals surface area contributed by atoms with Gasteiger partial charge in [0.25, 0.3) is 5.69 Å². The summed E-state index contributed by atoms with van der Waals surface area (Å²) in [7, 11) is 3.48. The van der Waals surface area contributed by atoms with Gasteiger partial charge >= 0.3 is 0 Å². The number of ether oxygens (including phenoxy) is 1. The average Bonchev–Trinajstić information content (AvgIpc) is 2.59. The molecular weight excluding hydrogens is 468 g/mol. The third-order valence-electron chi connectivity index (χ3n) is 3.88. The van der Waals surface area contributed by atoms with Crippen LogP contribution < -0.4 is 9.64 Å². The third kappa shape index (κ3) is 3.36. The molecule has 0 saturated heterocycles. The number of fused-ring (bicyclic) bond motifs is 1. The number of nitro groups is 1. The Kier molecular flexibility index (Phi) is 5.10. The van der Waals surface area contributed by atoms with Crippen LogP contribution >= 0.6 is 31.9 Å². The molecule has 26 heavy (non-hydrogen) atoms. The summed E-state index contributed by atoms with van der Waals surface area (Å²) >= 11 is 7.00. The van der Waals surface area contributed by atoms with Crippen molar-refractivity contribution in [3.63, 3.8) is 0 Å². The maximum Gasteiger partial charge on any atom is 0.271 e. The van der Waals surface area contributed by atoms with E-state index in [0.717, 1.165) is 20.0 Å². The highest BCUT2D eigenvalue weighted by Crippen LogP contribution is 2.39. The van der Waals surface area contributed by atoms with E-state index in [-0.39, 0.29) is 5.69 Å². The molecule has 1 heterocycles. The lowest BCUT2D eigenvalue weighted by molar-refractivity contribution is -0.384. The van der Waals surface area contributed by atoms with Gasteiger partial charge < -0.3 is 9.64 Å². The minimum atomic E-state index is -0.433. The molecule has 0 saturated carbocycles. The van der Waals surface area contributed by atoms with E-state index in [0.29, 0.717) is 22.9 Å². The van der Waals surface area contributed by atoms with Crippen LogP contribution in [-0.2, 0) is 0 Å². The Bertz CT molecular complexity index is 1000. The number of nitro benzene ring substituents is 1. The molecule has 0 unspecified atom stereocenters. The third-order valence-corrected chi connectivity index (χ3v) is 5.05. The molecule has 0 radical (unpaired) electrons. The Morgan fingerprint density at radius 2 is 1.81 bits per heavy atom. The number of nitrogens with zero attached hydrogens (tertiary/aromatic N) is 4. The first-order valence-corrected chi connectivity index (χ1v) is 9.10. The maximum absolute atomic E-state index is 11.0. The largest absolute Gasteiger partial charge is 0.494 e. The van der Waals surface area contributed by atoms with E-state index in [1.807, 2.05) is 24.1 Å². The molecule has 7 nitrogen and oxygen atoms in total. The second-order valence-corrected chi connectivity index (χ2v) is 7.26. The molecule has 134 valence electrons. The van der Waals surface area contributed by atoms with Crippen molar-refractivity contribution >= 4 is 60.0 Å². The molecule has 0 aliphatic rings. The maximum atomic E-state index is 11.0. The van der Waals surface area contributed by atoms with Gasteiger partial charge in [0, 0.05) is 30.3 Å². The molecule has 1 aromatic heterocycles. The fourth-order valence-corrected chi connectivity index (χ4v) is 4.13. The Balaban J connectivity index is 2.17. The van der Waals surface area contributed by atoms with Crippen LogP contribution in [0.1, 0.15) is 5.82 Å². The van der Waals surface area contributed by atoms with Crippen molar-refractivity contribution in [1.29, 1.82) is 0 Å². The Labute approximate surface area is 166 Å². The zero-order valence-electron chi connectivity index (χ0n) is 14.2. The minimum absolute atomic E-state index is 0.000797. The first-order valence-electron chi connectivity index (χ1n) is 7.51. The summed E-state index contributed by atoms with van der Waals surface area (Å²) in [6, 6.07) is 8.42. The van der Waals surface area contributed by atoms with E-state index in [1.165, 1.54) is 12.1 Å². The number of hydrogen-bond donors (Lipinski definition) is 0. The number of anilines is 2. The molecule has 3 rings (SSSR count). The number of halogens is 2. The number of hydrogen-bond acceptors (Lipinski definition) is 6. The number of aromatic nitrogens is 2. The minimum Gasteiger partial charge on any atom is -0.494 e. The summed E-state index contributed by atoms with van der Waals surface area (Å²) in [5.41, 5.74) is 1.39. The Hall–Kier alpha value is -2.26. The van der Waals surface area contributed by atoms with E-state index < -0.39 is 4.92 Å². The van der Waals surface area contributed by atoms with Crippen LogP contribution in [0.2, 0.25) is 0 Å². The Morgan fingerprint density at radius 1 is 1.15 bits per heavy atom. The zero-order valence-corrected chi connectivity index (χ0v) is 17.3. The van der Waals surface area contributed by atoms with Gasteiger partial charge in [-0.05, 0) is 57.0 Å². The highest BCUT2D eigenvalue weighted by atomic mass is 79.9. The fraction of sp³-hybridized carbons (Fsp3) is 0.176. The Morgan fingerprint density at radius 3 is 2.38 bits per heavy atom. The molecule has 0 N–H and O–H groups in total. The van der Waals surface area contributed by atoms with Crippen molar-refractivity contribution in [2.45, 2.75) is 6.92 Å². The first kappa shape index (κ1) is 18.5. The first-order chi connectivity index (χ1) is 12.3. The van der Waals surface area contributed by atoms with Gasteiger partial charge in [0.2, 0.25) is 0 Å². The highest BCUT2D eigenvalue weighted by molar-refractivity contribution is 9.11. The molecule has 0 spiro atoms. The topological polar surface area (TPSA) is 81.4 Å². The predicted molar refractivity (Wildman–Crippen MR) is 107 cm³/mol. The molecule has 2 aromatic carbocycles. The van der Waals surface area contributed by atoms with Crippen LogP contribution in [0.25, 0.3) is 10.9 Å². The standard InChI is InChI=1S/C17H14Br2N4O3/c1-9-20-15-8-10(23(24)25)4-5-12(15)17(21-9)22(2)11-6-13(18)16(26-3)14(19)7-11/h4-8H,1-3H3. The van der Waals surface area contributed by atoms with Crippen LogP contribution in [0.5, 0.6) is 5.75 Å². The summed E-state index contributed by atoms with van der Waals surface area (Å²) in [4.78, 5) is 21.4. The molecule has 3 aromatic rings. The van der Waals surface area contributed by atoms with Crippen molar-refractivity contribution in [2.24, 2.45) is 0 Å². The molecule has 0 aliphatic heterocycles. The van der Waals surface area contributed by atoms with Gasteiger partial charge in [0.1, 0.15) is 17.4 Å². The lowest BCUT2D eigenvalue weighted by Gasteiger charge is -2.22. The van der Waals surface area contributed by atoms with Crippen molar-refractivity contribution in [3.05, 3.63) is 55.2 Å². The van der Waals surface area contributed by atoms with Gasteiger partial charge in [-0.15, -0.1) is 0 Å². The quantitative estimate of drug-likeness (QED) is 0.378. The molecule has 9 heteroatoms. The van der Waals surface area contributed by atoms with Gasteiger partial charge in [-0.25, -0.2) is 9.97 Å². The molecule has 0 atom stereocenters. The normalized spacial score (nSPS) is 10.8. The van der Waals surface area contributed by atoms with E-state index in [1.54, 1.807) is 20.1 Å². The van der Waals surface area contributed by atoms with Gasteiger partial charge in [-0.2, -0.15) is 0 Å². The van der Waals surface area contributed by atoms with Crippen LogP contribution in [-0.4, -0.2) is 29.0 Å². The number of methoxy groups -OCH3 is 1. The SMILES string of the molecule is COc1c(Br)cc(N(C)c2nc(C)nc3cc([N+](=O)[O-])ccc23)cc1Br. The molecule has 0 bridgehead atoms. The van der Waals surface area contributed by atoms with Crippen molar-refractivity contribution < 1.29 is 9.66 Å². The number of non-ortho nitro benzene ring substituents is 1. The number of rotatable bonds is 4. The lowest BCUT2D eigenvalue weighted by atomic mass is 10.2. The van der Waals surface area contributed by atoms with E-state index >= 15 is 0 Å². The molecule has 0 fully saturated rings. The highest BCUT2D eigenvalue weighted by Gasteiger charge is 2.17. The van der Waals surface area contributed by atoms with Crippen molar-refractivity contribution in [2.75, 3.05) is 19.1 Å². The van der Waals surface area contributed by atoms with Crippen LogP contribution in [0, 0.1) is 17.0 Å². The van der Waals surface area contributed by atoms with Crippen LogP contribution in [0.4, 0.5) is 17.2 Å². The van der Waals surface area contributed by atoms with Crippen LogP contribution in [0.3, 0.4) is 0 Å². The summed E-state index contributed by atoms with van der Waals surface area (Å²) < 4.78 is 6.93. The monoisotopic (exact) mass is 480 g/mol. The van der Waals surface area contributed by atoms with E-state index in [4.69, 9.17) is 4.74 Å². The van der Waals surface area contributed by atoms with Crippen LogP contribution in [0.15, 0.2) is 39.3 Å². The second kappa shape index (κ2) is 7.16. The van der Waals surface area contributed by atoms with Gasteiger partial charge in [0.15, 0.2) is 0 Å². The summed E-state index contributed by atoms with van der Waals surface area (Å²) in [6.07, 6.45) is 0. The van der Waals surface area contributed by atoms with Crippen molar-refractivity contribution in [3.8, 4) is 5.75 Å². The smallest absolute Gasteiger partial charge is 0.271 e. The molecular formula is C17H14Br2N4O3. The van der Waals surface area contributed by atoms with E-state index in [9.17, 15) is 10.1 Å². The molecule has 0 aliphatic carbocycles. The van der Waals surface area contributed by atoms with E-state index in [2.05, 4.69) is 41.8 Å². The lowest BCUT2D eigenvalue weighted by Crippen LogP contribution is -2.13. The molecule has 0 amide bonds. The van der Waals surface area contributed by atoms with Crippen molar-refractivity contribution in [1.82, 2.24) is 9.97 Å². The summed E-state index contributed by atoms with van der Waals surface area (Å²) in [5.74, 6) is 1.89. The number of benzene rings is 2. The fourth-order valence-electron chi connectivity index (χ4n) is 2.64. The average molecular weight is 482 g/mol. The number of aryl methyl sites for hydroxylation is 1. The second-order valence-electron chi connectivity index (χ2n) is 5.55.